The first-order valence-corrected chi connectivity index (χ1v) is 6.62. The van der Waals surface area contributed by atoms with E-state index in [-0.39, 0.29) is 11.8 Å². The first kappa shape index (κ1) is 12.4. The number of likely N-dealkylation sites (tertiary alicyclic amines) is 1. The van der Waals surface area contributed by atoms with Crippen molar-refractivity contribution < 1.29 is 14.7 Å². The molecule has 0 bridgehead atoms. The molecule has 2 atom stereocenters. The van der Waals surface area contributed by atoms with Crippen molar-refractivity contribution in [2.24, 2.45) is 11.8 Å². The fourth-order valence-corrected chi connectivity index (χ4v) is 3.18. The highest BCUT2D eigenvalue weighted by Gasteiger charge is 2.39. The predicted molar refractivity (Wildman–Crippen MR) is 63.5 cm³/mol. The number of carboxylic acids is 1. The van der Waals surface area contributed by atoms with Gasteiger partial charge in [-0.15, -0.1) is 0 Å². The molecule has 1 aliphatic heterocycles. The second-order valence-corrected chi connectivity index (χ2v) is 5.49. The van der Waals surface area contributed by atoms with Gasteiger partial charge in [-0.25, -0.2) is 4.79 Å². The van der Waals surface area contributed by atoms with E-state index in [1.807, 2.05) is 6.92 Å². The molecule has 4 nitrogen and oxygen atoms in total. The summed E-state index contributed by atoms with van der Waals surface area (Å²) in [5, 5.41) is 9.17. The lowest BCUT2D eigenvalue weighted by Crippen LogP contribution is -2.43. The molecule has 0 aromatic rings. The fourth-order valence-electron chi connectivity index (χ4n) is 3.18. The number of hydrogen-bond donors (Lipinski definition) is 1. The Hall–Kier alpha value is -1.06. The molecule has 4 heteroatoms. The summed E-state index contributed by atoms with van der Waals surface area (Å²) in [5.74, 6) is -0.226. The van der Waals surface area contributed by atoms with Gasteiger partial charge in [0.05, 0.1) is 0 Å². The van der Waals surface area contributed by atoms with Crippen LogP contribution in [0.3, 0.4) is 0 Å². The lowest BCUT2D eigenvalue weighted by Gasteiger charge is -2.24. The zero-order chi connectivity index (χ0) is 12.4. The first-order valence-electron chi connectivity index (χ1n) is 6.62. The zero-order valence-electron chi connectivity index (χ0n) is 10.4. The Morgan fingerprint density at radius 1 is 1.24 bits per heavy atom. The molecule has 2 fully saturated rings. The van der Waals surface area contributed by atoms with Crippen molar-refractivity contribution in [3.05, 3.63) is 0 Å². The molecule has 1 saturated heterocycles. The summed E-state index contributed by atoms with van der Waals surface area (Å²) in [6, 6.07) is -0.594. The van der Waals surface area contributed by atoms with Gasteiger partial charge in [0.2, 0.25) is 5.91 Å². The van der Waals surface area contributed by atoms with Crippen molar-refractivity contribution in [3.8, 4) is 0 Å². The largest absolute Gasteiger partial charge is 0.480 e. The highest BCUT2D eigenvalue weighted by molar-refractivity contribution is 5.84. The monoisotopic (exact) mass is 239 g/mol. The second kappa shape index (κ2) is 5.07. The van der Waals surface area contributed by atoms with Crippen LogP contribution in [0, 0.1) is 11.8 Å². The van der Waals surface area contributed by atoms with Crippen LogP contribution in [0.4, 0.5) is 0 Å². The third kappa shape index (κ3) is 2.61. The third-order valence-corrected chi connectivity index (χ3v) is 4.21. The predicted octanol–water partition coefficient (Wildman–Crippen LogP) is 1.89. The number of carboxylic acid groups (broad SMARTS) is 1. The van der Waals surface area contributed by atoms with E-state index < -0.39 is 12.0 Å². The molecule has 2 rings (SSSR count). The maximum atomic E-state index is 12.1. The molecule has 1 heterocycles. The average Bonchev–Trinajstić information content (AvgIpc) is 2.86. The van der Waals surface area contributed by atoms with Gasteiger partial charge in [0.1, 0.15) is 6.04 Å². The molecular weight excluding hydrogens is 218 g/mol. The standard InChI is InChI=1S/C13H21NO3/c1-9-6-7-14(12(9)13(16)17)11(15)8-10-4-2-3-5-10/h9-10,12H,2-8H2,1H3,(H,16,17). The van der Waals surface area contributed by atoms with Crippen molar-refractivity contribution in [2.75, 3.05) is 6.54 Å². The minimum absolute atomic E-state index is 0.0497. The number of rotatable bonds is 3. The lowest BCUT2D eigenvalue weighted by molar-refractivity contribution is -0.149. The van der Waals surface area contributed by atoms with E-state index in [1.54, 1.807) is 4.90 Å². The summed E-state index contributed by atoms with van der Waals surface area (Å²) in [6.07, 6.45) is 6.07. The maximum Gasteiger partial charge on any atom is 0.326 e. The smallest absolute Gasteiger partial charge is 0.326 e. The molecule has 0 spiro atoms. The summed E-state index contributed by atoms with van der Waals surface area (Å²) < 4.78 is 0. The highest BCUT2D eigenvalue weighted by atomic mass is 16.4. The first-order chi connectivity index (χ1) is 8.09. The van der Waals surface area contributed by atoms with E-state index in [2.05, 4.69) is 0 Å². The van der Waals surface area contributed by atoms with Gasteiger partial charge in [-0.1, -0.05) is 19.8 Å². The van der Waals surface area contributed by atoms with Gasteiger partial charge in [0.25, 0.3) is 0 Å². The van der Waals surface area contributed by atoms with E-state index in [9.17, 15) is 9.59 Å². The molecule has 1 amide bonds. The van der Waals surface area contributed by atoms with Gasteiger partial charge in [0, 0.05) is 13.0 Å². The van der Waals surface area contributed by atoms with Crippen LogP contribution in [0.5, 0.6) is 0 Å². The molecule has 1 aliphatic carbocycles. The molecule has 0 aromatic carbocycles. The molecule has 0 radical (unpaired) electrons. The maximum absolute atomic E-state index is 12.1. The summed E-state index contributed by atoms with van der Waals surface area (Å²) in [7, 11) is 0. The van der Waals surface area contributed by atoms with Crippen LogP contribution in [0.2, 0.25) is 0 Å². The Bertz CT molecular complexity index is 310. The van der Waals surface area contributed by atoms with Crippen molar-refractivity contribution in [2.45, 2.75) is 51.5 Å². The Morgan fingerprint density at radius 2 is 1.88 bits per heavy atom. The fraction of sp³-hybridized carbons (Fsp3) is 0.846. The molecule has 0 aromatic heterocycles. The van der Waals surface area contributed by atoms with Gasteiger partial charge >= 0.3 is 5.97 Å². The Balaban J connectivity index is 1.95. The Kier molecular flexibility index (Phi) is 3.69. The minimum atomic E-state index is -0.852. The van der Waals surface area contributed by atoms with Gasteiger partial charge < -0.3 is 10.0 Å². The van der Waals surface area contributed by atoms with E-state index in [0.717, 1.165) is 19.3 Å². The van der Waals surface area contributed by atoms with Crippen LogP contribution in [0.1, 0.15) is 45.4 Å². The average molecular weight is 239 g/mol. The van der Waals surface area contributed by atoms with Gasteiger partial charge in [-0.3, -0.25) is 4.79 Å². The van der Waals surface area contributed by atoms with E-state index in [4.69, 9.17) is 5.11 Å². The molecule has 1 saturated carbocycles. The minimum Gasteiger partial charge on any atom is -0.480 e. The van der Waals surface area contributed by atoms with Gasteiger partial charge in [0.15, 0.2) is 0 Å². The molecule has 1 N–H and O–H groups in total. The van der Waals surface area contributed by atoms with Crippen LogP contribution < -0.4 is 0 Å². The van der Waals surface area contributed by atoms with E-state index >= 15 is 0 Å². The van der Waals surface area contributed by atoms with Crippen LogP contribution >= 0.6 is 0 Å². The molecular formula is C13H21NO3. The van der Waals surface area contributed by atoms with Gasteiger partial charge in [-0.2, -0.15) is 0 Å². The number of carbonyl (C=O) groups is 2. The SMILES string of the molecule is CC1CCN(C(=O)CC2CCCC2)C1C(=O)O. The summed E-state index contributed by atoms with van der Waals surface area (Å²) in [4.78, 5) is 24.9. The molecule has 2 aliphatic rings. The van der Waals surface area contributed by atoms with E-state index in [1.165, 1.54) is 12.8 Å². The third-order valence-electron chi connectivity index (χ3n) is 4.21. The zero-order valence-corrected chi connectivity index (χ0v) is 10.4. The van der Waals surface area contributed by atoms with Crippen LogP contribution in [-0.4, -0.2) is 34.5 Å². The second-order valence-electron chi connectivity index (χ2n) is 5.49. The van der Waals surface area contributed by atoms with Gasteiger partial charge in [-0.05, 0) is 31.1 Å². The molecule has 2 unspecified atom stereocenters. The van der Waals surface area contributed by atoms with Crippen LogP contribution in [0.25, 0.3) is 0 Å². The number of hydrogen-bond acceptors (Lipinski definition) is 2. The normalized spacial score (nSPS) is 29.8. The van der Waals surface area contributed by atoms with Crippen LogP contribution in [-0.2, 0) is 9.59 Å². The number of carbonyl (C=O) groups excluding carboxylic acids is 1. The Labute approximate surface area is 102 Å². The molecule has 17 heavy (non-hydrogen) atoms. The van der Waals surface area contributed by atoms with E-state index in [0.29, 0.717) is 18.9 Å². The van der Waals surface area contributed by atoms with Crippen LogP contribution in [0.15, 0.2) is 0 Å². The van der Waals surface area contributed by atoms with Crippen molar-refractivity contribution in [3.63, 3.8) is 0 Å². The lowest BCUT2D eigenvalue weighted by atomic mass is 10.0. The number of amides is 1. The number of nitrogens with zero attached hydrogens (tertiary/aromatic N) is 1. The Morgan fingerprint density at radius 3 is 2.47 bits per heavy atom. The number of aliphatic carboxylic acids is 1. The highest BCUT2D eigenvalue weighted by Crippen LogP contribution is 2.30. The van der Waals surface area contributed by atoms with Crippen molar-refractivity contribution >= 4 is 11.9 Å². The van der Waals surface area contributed by atoms with Crippen molar-refractivity contribution in [1.82, 2.24) is 4.90 Å². The summed E-state index contributed by atoms with van der Waals surface area (Å²) in [6.45, 7) is 2.53. The van der Waals surface area contributed by atoms with Crippen molar-refractivity contribution in [1.29, 1.82) is 0 Å². The molecule has 96 valence electrons. The quantitative estimate of drug-likeness (QED) is 0.818. The summed E-state index contributed by atoms with van der Waals surface area (Å²) >= 11 is 0. The topological polar surface area (TPSA) is 57.6 Å². The summed E-state index contributed by atoms with van der Waals surface area (Å²) in [5.41, 5.74) is 0.